The predicted molar refractivity (Wildman–Crippen MR) is 91.3 cm³/mol. The summed E-state index contributed by atoms with van der Waals surface area (Å²) >= 11 is 3.19. The number of fused-ring (bicyclic) bond motifs is 1. The van der Waals surface area contributed by atoms with E-state index in [1.54, 1.807) is 18.3 Å². The lowest BCUT2D eigenvalue weighted by Gasteiger charge is -1.96. The van der Waals surface area contributed by atoms with Crippen molar-refractivity contribution in [3.05, 3.63) is 44.6 Å². The quantitative estimate of drug-likeness (QED) is 0.563. The summed E-state index contributed by atoms with van der Waals surface area (Å²) in [6.07, 6.45) is 0.873. The lowest BCUT2D eigenvalue weighted by molar-refractivity contribution is 0.0520. The van der Waals surface area contributed by atoms with Crippen LogP contribution in [0.25, 0.3) is 10.2 Å². The molecule has 0 aliphatic rings. The van der Waals surface area contributed by atoms with Gasteiger partial charge in [-0.2, -0.15) is 0 Å². The fourth-order valence-corrected chi connectivity index (χ4v) is 3.50. The van der Waals surface area contributed by atoms with Gasteiger partial charge in [0.15, 0.2) is 6.29 Å². The monoisotopic (exact) mass is 335 g/mol. The first-order valence-corrected chi connectivity index (χ1v) is 8.44. The summed E-state index contributed by atoms with van der Waals surface area (Å²) in [5, 5.41) is 0. The van der Waals surface area contributed by atoms with Gasteiger partial charge in [0.1, 0.15) is 5.69 Å². The first-order chi connectivity index (χ1) is 10.5. The van der Waals surface area contributed by atoms with Crippen molar-refractivity contribution in [2.24, 2.45) is 0 Å². The Balaban J connectivity index is 0.000000188. The second-order valence-electron chi connectivity index (χ2n) is 4.60. The van der Waals surface area contributed by atoms with E-state index in [0.29, 0.717) is 12.3 Å². The molecule has 0 unspecified atom stereocenters. The lowest BCUT2D eigenvalue weighted by Crippen LogP contribution is -2.04. The number of hydrogen-bond donors (Lipinski definition) is 1. The zero-order valence-corrected chi connectivity index (χ0v) is 14.3. The predicted octanol–water partition coefficient (Wildman–Crippen LogP) is 4.58. The number of nitrogens with one attached hydrogen (secondary N) is 1. The Hall–Kier alpha value is -1.92. The summed E-state index contributed by atoms with van der Waals surface area (Å²) < 4.78 is 5.99. The van der Waals surface area contributed by atoms with Crippen LogP contribution in [0.4, 0.5) is 0 Å². The molecule has 0 radical (unpaired) electrons. The Morgan fingerprint density at radius 3 is 2.50 bits per heavy atom. The molecular weight excluding hydrogens is 318 g/mol. The second kappa shape index (κ2) is 7.38. The lowest BCUT2D eigenvalue weighted by atomic mass is 10.4. The summed E-state index contributed by atoms with van der Waals surface area (Å²) in [6.45, 7) is 6.23. The number of carbonyl (C=O) groups is 2. The molecule has 4 nitrogen and oxygen atoms in total. The molecule has 1 N–H and O–H groups in total. The summed E-state index contributed by atoms with van der Waals surface area (Å²) in [4.78, 5) is 27.6. The van der Waals surface area contributed by atoms with Crippen molar-refractivity contribution in [3.63, 3.8) is 0 Å². The third kappa shape index (κ3) is 4.05. The number of carbonyl (C=O) groups excluding carboxylic acids is 2. The molecule has 0 amide bonds. The van der Waals surface area contributed by atoms with Crippen molar-refractivity contribution in [2.45, 2.75) is 20.8 Å². The topological polar surface area (TPSA) is 59.2 Å². The number of rotatable bonds is 3. The fourth-order valence-electron chi connectivity index (χ4n) is 1.88. The van der Waals surface area contributed by atoms with Crippen LogP contribution in [0.5, 0.6) is 0 Å². The Morgan fingerprint density at radius 1 is 1.23 bits per heavy atom. The summed E-state index contributed by atoms with van der Waals surface area (Å²) in [5.74, 6) is -0.284. The summed E-state index contributed by atoms with van der Waals surface area (Å²) in [7, 11) is 0. The van der Waals surface area contributed by atoms with E-state index < -0.39 is 0 Å². The highest BCUT2D eigenvalue weighted by Crippen LogP contribution is 2.25. The fraction of sp³-hybridized carbons (Fsp3) is 0.250. The molecule has 3 aromatic rings. The zero-order chi connectivity index (χ0) is 16.1. The number of aryl methyl sites for hydroxylation is 2. The molecule has 0 saturated heterocycles. The first-order valence-electron chi connectivity index (χ1n) is 6.81. The summed E-state index contributed by atoms with van der Waals surface area (Å²) in [5.41, 5.74) is 1.55. The molecule has 0 aromatic carbocycles. The SMILES string of the molecule is CCOC(=O)c1cc2sc(C)cc2[nH]1.Cc1ccc(C=O)s1. The van der Waals surface area contributed by atoms with Crippen molar-refractivity contribution >= 4 is 45.1 Å². The Morgan fingerprint density at radius 2 is 2.00 bits per heavy atom. The van der Waals surface area contributed by atoms with Crippen molar-refractivity contribution in [3.8, 4) is 0 Å². The minimum Gasteiger partial charge on any atom is -0.461 e. The third-order valence-corrected chi connectivity index (χ3v) is 4.72. The molecule has 6 heteroatoms. The van der Waals surface area contributed by atoms with Gasteiger partial charge in [0.25, 0.3) is 0 Å². The average molecular weight is 335 g/mol. The Kier molecular flexibility index (Phi) is 5.51. The highest BCUT2D eigenvalue weighted by Gasteiger charge is 2.11. The molecule has 0 aliphatic heterocycles. The van der Waals surface area contributed by atoms with Gasteiger partial charge in [-0.3, -0.25) is 4.79 Å². The number of ether oxygens (including phenoxy) is 1. The van der Waals surface area contributed by atoms with Gasteiger partial charge >= 0.3 is 5.97 Å². The third-order valence-electron chi connectivity index (χ3n) is 2.80. The molecule has 0 bridgehead atoms. The number of esters is 1. The molecular formula is C16H17NO3S2. The molecule has 116 valence electrons. The number of aromatic nitrogens is 1. The Labute approximate surface area is 136 Å². The van der Waals surface area contributed by atoms with Gasteiger partial charge in [-0.25, -0.2) is 4.79 Å². The first kappa shape index (κ1) is 16.5. The van der Waals surface area contributed by atoms with E-state index in [9.17, 15) is 9.59 Å². The van der Waals surface area contributed by atoms with Gasteiger partial charge in [0.2, 0.25) is 0 Å². The molecule has 3 heterocycles. The number of aromatic amines is 1. The van der Waals surface area contributed by atoms with Crippen LogP contribution in [-0.2, 0) is 4.74 Å². The van der Waals surface area contributed by atoms with Crippen molar-refractivity contribution < 1.29 is 14.3 Å². The minimum atomic E-state index is -0.284. The normalized spacial score (nSPS) is 10.1. The highest BCUT2D eigenvalue weighted by atomic mass is 32.1. The van der Waals surface area contributed by atoms with Crippen molar-refractivity contribution in [1.29, 1.82) is 0 Å². The van der Waals surface area contributed by atoms with Crippen LogP contribution in [0.1, 0.15) is 36.8 Å². The standard InChI is InChI=1S/C10H11NO2S.C6H6OS/c1-3-13-10(12)8-5-9-7(11-8)4-6(2)14-9;1-5-2-3-6(4-7)8-5/h4-5,11H,3H2,1-2H3;2-4H,1H3. The van der Waals surface area contributed by atoms with E-state index in [-0.39, 0.29) is 5.97 Å². The number of hydrogen-bond acceptors (Lipinski definition) is 5. The molecule has 22 heavy (non-hydrogen) atoms. The molecule has 0 spiro atoms. The maximum absolute atomic E-state index is 11.3. The number of H-pyrrole nitrogens is 1. The maximum Gasteiger partial charge on any atom is 0.354 e. The Bertz CT molecular complexity index is 751. The largest absolute Gasteiger partial charge is 0.461 e. The number of aldehydes is 1. The van der Waals surface area contributed by atoms with Crippen molar-refractivity contribution in [2.75, 3.05) is 6.61 Å². The average Bonchev–Trinajstić information content (AvgIpc) is 3.14. The van der Waals surface area contributed by atoms with Crippen LogP contribution in [0.15, 0.2) is 24.3 Å². The van der Waals surface area contributed by atoms with Crippen LogP contribution in [0.2, 0.25) is 0 Å². The molecule has 3 aromatic heterocycles. The van der Waals surface area contributed by atoms with E-state index in [4.69, 9.17) is 4.74 Å². The van der Waals surface area contributed by atoms with Gasteiger partial charge in [-0.05, 0) is 45.0 Å². The van der Waals surface area contributed by atoms with Crippen LogP contribution in [-0.4, -0.2) is 23.8 Å². The van der Waals surface area contributed by atoms with Gasteiger partial charge in [0.05, 0.1) is 21.7 Å². The molecule has 0 saturated carbocycles. The molecule has 0 atom stereocenters. The second-order valence-corrected chi connectivity index (χ2v) is 7.21. The molecule has 3 rings (SSSR count). The van der Waals surface area contributed by atoms with Crippen LogP contribution in [0.3, 0.4) is 0 Å². The van der Waals surface area contributed by atoms with Crippen LogP contribution >= 0.6 is 22.7 Å². The number of thiophene rings is 2. The van der Waals surface area contributed by atoms with E-state index in [0.717, 1.165) is 21.4 Å². The van der Waals surface area contributed by atoms with Gasteiger partial charge in [0, 0.05) is 9.75 Å². The highest BCUT2D eigenvalue weighted by molar-refractivity contribution is 7.19. The van der Waals surface area contributed by atoms with E-state index in [1.807, 2.05) is 38.1 Å². The zero-order valence-electron chi connectivity index (χ0n) is 12.6. The van der Waals surface area contributed by atoms with Crippen LogP contribution < -0.4 is 0 Å². The van der Waals surface area contributed by atoms with Gasteiger partial charge < -0.3 is 9.72 Å². The van der Waals surface area contributed by atoms with E-state index in [1.165, 1.54) is 21.1 Å². The van der Waals surface area contributed by atoms with Gasteiger partial charge in [-0.1, -0.05) is 0 Å². The molecule has 0 fully saturated rings. The smallest absolute Gasteiger partial charge is 0.354 e. The van der Waals surface area contributed by atoms with Crippen molar-refractivity contribution in [1.82, 2.24) is 4.98 Å². The van der Waals surface area contributed by atoms with Crippen LogP contribution in [0, 0.1) is 13.8 Å². The van der Waals surface area contributed by atoms with Gasteiger partial charge in [-0.15, -0.1) is 22.7 Å². The summed E-state index contributed by atoms with van der Waals surface area (Å²) in [6, 6.07) is 7.63. The van der Waals surface area contributed by atoms with E-state index >= 15 is 0 Å². The van der Waals surface area contributed by atoms with E-state index in [2.05, 4.69) is 4.98 Å². The maximum atomic E-state index is 11.3. The minimum absolute atomic E-state index is 0.284. The molecule has 0 aliphatic carbocycles.